The van der Waals surface area contributed by atoms with E-state index in [1.165, 1.54) is 0 Å². The number of aryl methyl sites for hydroxylation is 1. The number of aromatic nitrogens is 1. The summed E-state index contributed by atoms with van der Waals surface area (Å²) in [6, 6.07) is 9.77. The third-order valence-corrected chi connectivity index (χ3v) is 4.74. The van der Waals surface area contributed by atoms with Crippen LogP contribution in [0.5, 0.6) is 5.75 Å². The lowest BCUT2D eigenvalue weighted by Crippen LogP contribution is -2.40. The number of benzene rings is 1. The summed E-state index contributed by atoms with van der Waals surface area (Å²) in [7, 11) is 1.65. The maximum Gasteiger partial charge on any atom is 0.255 e. The number of piperidine rings is 1. The molecule has 0 saturated carbocycles. The lowest BCUT2D eigenvalue weighted by Gasteiger charge is -2.29. The molecule has 1 saturated heterocycles. The van der Waals surface area contributed by atoms with E-state index >= 15 is 0 Å². The van der Waals surface area contributed by atoms with E-state index in [1.807, 2.05) is 49.1 Å². The minimum atomic E-state index is -0.277. The second-order valence-corrected chi connectivity index (χ2v) is 6.34. The van der Waals surface area contributed by atoms with Gasteiger partial charge in [-0.25, -0.2) is 0 Å². The molecule has 0 aliphatic carbocycles. The number of hydrogen-bond donors (Lipinski definition) is 1. The molecule has 0 spiro atoms. The number of ether oxygens (including phenoxy) is 1. The van der Waals surface area contributed by atoms with Crippen molar-refractivity contribution in [1.29, 1.82) is 0 Å². The minimum absolute atomic E-state index is 0.0507. The molecule has 3 rings (SSSR count). The molecule has 128 valence electrons. The van der Waals surface area contributed by atoms with Gasteiger partial charge in [0.15, 0.2) is 0 Å². The zero-order valence-corrected chi connectivity index (χ0v) is 14.5. The van der Waals surface area contributed by atoms with Crippen molar-refractivity contribution < 1.29 is 14.6 Å². The molecule has 0 atom stereocenters. The summed E-state index contributed by atoms with van der Waals surface area (Å²) >= 11 is 0. The van der Waals surface area contributed by atoms with E-state index in [4.69, 9.17) is 4.74 Å². The van der Waals surface area contributed by atoms with Gasteiger partial charge in [0.25, 0.3) is 5.91 Å². The van der Waals surface area contributed by atoms with E-state index in [2.05, 4.69) is 4.57 Å². The highest BCUT2D eigenvalue weighted by Gasteiger charge is 2.25. The fourth-order valence-electron chi connectivity index (χ4n) is 3.35. The molecule has 1 aliphatic heterocycles. The van der Waals surface area contributed by atoms with Gasteiger partial charge in [0, 0.05) is 30.2 Å². The van der Waals surface area contributed by atoms with Crippen molar-refractivity contribution in [3.8, 4) is 11.4 Å². The smallest absolute Gasteiger partial charge is 0.255 e. The number of aliphatic hydroxyl groups is 1. The van der Waals surface area contributed by atoms with E-state index < -0.39 is 0 Å². The van der Waals surface area contributed by atoms with E-state index in [-0.39, 0.29) is 12.0 Å². The van der Waals surface area contributed by atoms with Crippen molar-refractivity contribution in [1.82, 2.24) is 9.47 Å². The Labute approximate surface area is 142 Å². The normalized spacial score (nSPS) is 15.6. The zero-order valence-electron chi connectivity index (χ0n) is 14.5. The molecule has 2 aromatic rings. The summed E-state index contributed by atoms with van der Waals surface area (Å²) in [5.41, 5.74) is 3.71. The van der Waals surface area contributed by atoms with Crippen LogP contribution in [0.15, 0.2) is 30.3 Å². The predicted molar refractivity (Wildman–Crippen MR) is 92.9 cm³/mol. The van der Waals surface area contributed by atoms with Crippen LogP contribution in [0.25, 0.3) is 5.69 Å². The van der Waals surface area contributed by atoms with Crippen LogP contribution in [0.1, 0.15) is 34.6 Å². The number of nitrogens with zero attached hydrogens (tertiary/aromatic N) is 2. The molecular formula is C19H24N2O3. The van der Waals surface area contributed by atoms with Crippen LogP contribution in [0.2, 0.25) is 0 Å². The quantitative estimate of drug-likeness (QED) is 0.942. The third-order valence-electron chi connectivity index (χ3n) is 4.74. The van der Waals surface area contributed by atoms with Gasteiger partial charge in [-0.2, -0.15) is 0 Å². The topological polar surface area (TPSA) is 54.7 Å². The Hall–Kier alpha value is -2.27. The van der Waals surface area contributed by atoms with Gasteiger partial charge in [-0.15, -0.1) is 0 Å². The van der Waals surface area contributed by atoms with Crippen LogP contribution in [-0.4, -0.2) is 46.8 Å². The summed E-state index contributed by atoms with van der Waals surface area (Å²) in [6.07, 6.45) is 1.03. The number of methoxy groups -OCH3 is 1. The second kappa shape index (κ2) is 6.69. The first kappa shape index (κ1) is 16.6. The first-order valence-corrected chi connectivity index (χ1v) is 8.32. The van der Waals surface area contributed by atoms with Crippen LogP contribution in [0.4, 0.5) is 0 Å². The SMILES string of the molecule is COc1ccc(-n2c(C)cc(C(=O)N3CCC(O)CC3)c2C)cc1. The fraction of sp³-hybridized carbons (Fsp3) is 0.421. The Morgan fingerprint density at radius 3 is 2.38 bits per heavy atom. The summed E-state index contributed by atoms with van der Waals surface area (Å²) in [4.78, 5) is 14.7. The van der Waals surface area contributed by atoms with E-state index in [1.54, 1.807) is 7.11 Å². The van der Waals surface area contributed by atoms with Crippen LogP contribution >= 0.6 is 0 Å². The summed E-state index contributed by atoms with van der Waals surface area (Å²) in [5, 5.41) is 9.62. The number of likely N-dealkylation sites (tertiary alicyclic amines) is 1. The first-order valence-electron chi connectivity index (χ1n) is 8.32. The lowest BCUT2D eigenvalue weighted by atomic mass is 10.1. The van der Waals surface area contributed by atoms with Gasteiger partial charge in [0.2, 0.25) is 0 Å². The fourth-order valence-corrected chi connectivity index (χ4v) is 3.35. The number of amides is 1. The molecule has 0 radical (unpaired) electrons. The molecule has 1 fully saturated rings. The van der Waals surface area contributed by atoms with Gasteiger partial charge in [-0.3, -0.25) is 4.79 Å². The molecule has 2 heterocycles. The van der Waals surface area contributed by atoms with E-state index in [9.17, 15) is 9.90 Å². The number of aliphatic hydroxyl groups excluding tert-OH is 1. The highest BCUT2D eigenvalue weighted by molar-refractivity contribution is 5.96. The Morgan fingerprint density at radius 2 is 1.79 bits per heavy atom. The number of carbonyl (C=O) groups is 1. The Kier molecular flexibility index (Phi) is 4.62. The minimum Gasteiger partial charge on any atom is -0.497 e. The Morgan fingerprint density at radius 1 is 1.17 bits per heavy atom. The van der Waals surface area contributed by atoms with Crippen LogP contribution in [0.3, 0.4) is 0 Å². The van der Waals surface area contributed by atoms with Crippen LogP contribution in [-0.2, 0) is 0 Å². The van der Waals surface area contributed by atoms with Gasteiger partial charge in [-0.1, -0.05) is 0 Å². The van der Waals surface area contributed by atoms with Crippen LogP contribution < -0.4 is 4.74 Å². The zero-order chi connectivity index (χ0) is 17.3. The van der Waals surface area contributed by atoms with Gasteiger partial charge >= 0.3 is 0 Å². The monoisotopic (exact) mass is 328 g/mol. The van der Waals surface area contributed by atoms with Crippen molar-refractivity contribution in [2.45, 2.75) is 32.8 Å². The number of rotatable bonds is 3. The molecule has 0 unspecified atom stereocenters. The predicted octanol–water partition coefficient (Wildman–Crippen LogP) is 2.70. The maximum atomic E-state index is 12.8. The van der Waals surface area contributed by atoms with Crippen molar-refractivity contribution in [3.05, 3.63) is 47.3 Å². The molecule has 5 nitrogen and oxygen atoms in total. The summed E-state index contributed by atoms with van der Waals surface area (Å²) in [5.74, 6) is 0.860. The second-order valence-electron chi connectivity index (χ2n) is 6.34. The molecule has 1 N–H and O–H groups in total. The molecule has 0 bridgehead atoms. The Bertz CT molecular complexity index is 726. The standard InChI is InChI=1S/C19H24N2O3/c1-13-12-18(19(23)20-10-8-16(22)9-11-20)14(2)21(13)15-4-6-17(24-3)7-5-15/h4-7,12,16,22H,8-11H2,1-3H3. The van der Waals surface area contributed by atoms with Gasteiger partial charge in [0.05, 0.1) is 18.8 Å². The summed E-state index contributed by atoms with van der Waals surface area (Å²) < 4.78 is 7.30. The van der Waals surface area contributed by atoms with Crippen LogP contribution in [0, 0.1) is 13.8 Å². The van der Waals surface area contributed by atoms with Crippen molar-refractivity contribution in [2.24, 2.45) is 0 Å². The molecule has 1 aromatic heterocycles. The summed E-state index contributed by atoms with van der Waals surface area (Å²) in [6.45, 7) is 5.22. The maximum absolute atomic E-state index is 12.8. The first-order chi connectivity index (χ1) is 11.5. The third kappa shape index (κ3) is 3.04. The average Bonchev–Trinajstić information content (AvgIpc) is 2.89. The largest absolute Gasteiger partial charge is 0.497 e. The van der Waals surface area contributed by atoms with Gasteiger partial charge < -0.3 is 19.3 Å². The van der Waals surface area contributed by atoms with Gasteiger partial charge in [-0.05, 0) is 57.0 Å². The van der Waals surface area contributed by atoms with Crippen molar-refractivity contribution in [2.75, 3.05) is 20.2 Å². The van der Waals surface area contributed by atoms with E-state index in [0.717, 1.165) is 28.4 Å². The highest BCUT2D eigenvalue weighted by Crippen LogP contribution is 2.24. The molecular weight excluding hydrogens is 304 g/mol. The van der Waals surface area contributed by atoms with Crippen molar-refractivity contribution >= 4 is 5.91 Å². The number of carbonyl (C=O) groups excluding carboxylic acids is 1. The lowest BCUT2D eigenvalue weighted by molar-refractivity contribution is 0.0546. The molecule has 1 aliphatic rings. The highest BCUT2D eigenvalue weighted by atomic mass is 16.5. The average molecular weight is 328 g/mol. The molecule has 5 heteroatoms. The van der Waals surface area contributed by atoms with E-state index in [0.29, 0.717) is 25.9 Å². The van der Waals surface area contributed by atoms with Gasteiger partial charge in [0.1, 0.15) is 5.75 Å². The molecule has 1 amide bonds. The molecule has 1 aromatic carbocycles. The Balaban J connectivity index is 1.89. The number of hydrogen-bond acceptors (Lipinski definition) is 3. The van der Waals surface area contributed by atoms with Crippen molar-refractivity contribution in [3.63, 3.8) is 0 Å². The molecule has 24 heavy (non-hydrogen) atoms.